The SMILES string of the molecule is CC1c2cc3c4c(c2OC(=O)[C@@H]1C)CCCN4CCC3. The minimum atomic E-state index is -0.0610. The molecule has 3 nitrogen and oxygen atoms in total. The van der Waals surface area contributed by atoms with E-state index in [2.05, 4.69) is 17.9 Å². The lowest BCUT2D eigenvalue weighted by atomic mass is 9.80. The quantitative estimate of drug-likeness (QED) is 0.536. The molecule has 3 heterocycles. The third-order valence-electron chi connectivity index (χ3n) is 5.32. The summed E-state index contributed by atoms with van der Waals surface area (Å²) >= 11 is 0. The van der Waals surface area contributed by atoms with Crippen LogP contribution in [0.5, 0.6) is 5.75 Å². The molecule has 0 saturated heterocycles. The number of hydrogen-bond acceptors (Lipinski definition) is 3. The molecule has 0 aliphatic carbocycles. The number of esters is 1. The average molecular weight is 271 g/mol. The second-order valence-corrected chi connectivity index (χ2v) is 6.47. The molecule has 106 valence electrons. The molecule has 3 heteroatoms. The minimum absolute atomic E-state index is 0.0314. The molecule has 0 amide bonds. The van der Waals surface area contributed by atoms with E-state index in [0.29, 0.717) is 0 Å². The summed E-state index contributed by atoms with van der Waals surface area (Å²) in [6.07, 6.45) is 4.64. The standard InChI is InChI=1S/C17H21NO2/c1-10-11(2)17(19)20-16-13-6-4-8-18-7-3-5-12(15(13)18)9-14(10)16/h9-11H,3-8H2,1-2H3/t10?,11-/m1/s1. The first-order valence-electron chi connectivity index (χ1n) is 7.82. The highest BCUT2D eigenvalue weighted by Gasteiger charge is 2.37. The highest BCUT2D eigenvalue weighted by Crippen LogP contribution is 2.48. The molecule has 0 saturated carbocycles. The summed E-state index contributed by atoms with van der Waals surface area (Å²) in [5, 5.41) is 0. The zero-order valence-corrected chi connectivity index (χ0v) is 12.2. The molecular formula is C17H21NO2. The minimum Gasteiger partial charge on any atom is -0.426 e. The molecule has 1 aromatic rings. The summed E-state index contributed by atoms with van der Waals surface area (Å²) in [6, 6.07) is 2.32. The molecule has 2 atom stereocenters. The van der Waals surface area contributed by atoms with Crippen LogP contribution in [-0.2, 0) is 17.6 Å². The van der Waals surface area contributed by atoms with Crippen LogP contribution in [0.3, 0.4) is 0 Å². The van der Waals surface area contributed by atoms with Gasteiger partial charge in [-0.1, -0.05) is 13.8 Å². The molecule has 1 aromatic carbocycles. The van der Waals surface area contributed by atoms with Gasteiger partial charge in [-0.2, -0.15) is 0 Å². The maximum Gasteiger partial charge on any atom is 0.314 e. The zero-order chi connectivity index (χ0) is 13.9. The van der Waals surface area contributed by atoms with Crippen molar-refractivity contribution in [2.24, 2.45) is 5.92 Å². The molecule has 3 aliphatic heterocycles. The van der Waals surface area contributed by atoms with Gasteiger partial charge in [-0.05, 0) is 48.8 Å². The van der Waals surface area contributed by atoms with Gasteiger partial charge in [-0.15, -0.1) is 0 Å². The number of fused-ring (bicyclic) bond motifs is 2. The van der Waals surface area contributed by atoms with Crippen LogP contribution < -0.4 is 9.64 Å². The van der Waals surface area contributed by atoms with E-state index in [0.717, 1.165) is 25.3 Å². The molecular weight excluding hydrogens is 250 g/mol. The molecule has 1 unspecified atom stereocenters. The van der Waals surface area contributed by atoms with Gasteiger partial charge in [0, 0.05) is 24.3 Å². The Kier molecular flexibility index (Phi) is 2.60. The van der Waals surface area contributed by atoms with E-state index in [1.807, 2.05) is 6.92 Å². The highest BCUT2D eigenvalue weighted by molar-refractivity contribution is 5.82. The number of benzene rings is 1. The van der Waals surface area contributed by atoms with Crippen molar-refractivity contribution in [2.75, 3.05) is 18.0 Å². The fourth-order valence-corrected chi connectivity index (χ4v) is 3.98. The van der Waals surface area contributed by atoms with E-state index >= 15 is 0 Å². The third kappa shape index (κ3) is 1.55. The number of carbonyl (C=O) groups excluding carboxylic acids is 1. The summed E-state index contributed by atoms with van der Waals surface area (Å²) < 4.78 is 5.72. The van der Waals surface area contributed by atoms with E-state index in [1.165, 1.54) is 41.6 Å². The number of hydrogen-bond donors (Lipinski definition) is 0. The predicted molar refractivity (Wildman–Crippen MR) is 78.5 cm³/mol. The number of rotatable bonds is 0. The Hall–Kier alpha value is -1.51. The molecule has 0 aromatic heterocycles. The molecule has 4 rings (SSSR count). The molecule has 0 fully saturated rings. The van der Waals surface area contributed by atoms with Crippen LogP contribution in [0.15, 0.2) is 6.07 Å². The smallest absolute Gasteiger partial charge is 0.314 e. The monoisotopic (exact) mass is 271 g/mol. The fraction of sp³-hybridized carbons (Fsp3) is 0.588. The number of ether oxygens (including phenoxy) is 1. The highest BCUT2D eigenvalue weighted by atomic mass is 16.5. The van der Waals surface area contributed by atoms with Gasteiger partial charge in [-0.25, -0.2) is 0 Å². The van der Waals surface area contributed by atoms with E-state index < -0.39 is 0 Å². The molecule has 0 bridgehead atoms. The number of nitrogens with zero attached hydrogens (tertiary/aromatic N) is 1. The van der Waals surface area contributed by atoms with Crippen molar-refractivity contribution in [3.63, 3.8) is 0 Å². The molecule has 20 heavy (non-hydrogen) atoms. The molecule has 0 spiro atoms. The number of carbonyl (C=O) groups is 1. The van der Waals surface area contributed by atoms with E-state index in [1.54, 1.807) is 0 Å². The van der Waals surface area contributed by atoms with Gasteiger partial charge in [0.15, 0.2) is 0 Å². The number of anilines is 1. The normalized spacial score (nSPS) is 27.7. The first-order chi connectivity index (χ1) is 9.66. The average Bonchev–Trinajstić information content (AvgIpc) is 2.47. The molecule has 3 aliphatic rings. The molecule has 0 radical (unpaired) electrons. The Morgan fingerprint density at radius 2 is 1.90 bits per heavy atom. The zero-order valence-electron chi connectivity index (χ0n) is 12.2. The van der Waals surface area contributed by atoms with Gasteiger partial charge in [0.1, 0.15) is 5.75 Å². The van der Waals surface area contributed by atoms with Gasteiger partial charge in [-0.3, -0.25) is 4.79 Å². The van der Waals surface area contributed by atoms with Crippen LogP contribution in [0, 0.1) is 5.92 Å². The second-order valence-electron chi connectivity index (χ2n) is 6.47. The van der Waals surface area contributed by atoms with Crippen molar-refractivity contribution >= 4 is 11.7 Å². The Labute approximate surface area is 119 Å². The first-order valence-corrected chi connectivity index (χ1v) is 7.82. The number of aryl methyl sites for hydroxylation is 1. The summed E-state index contributed by atoms with van der Waals surface area (Å²) in [7, 11) is 0. The van der Waals surface area contributed by atoms with Crippen molar-refractivity contribution < 1.29 is 9.53 Å². The lowest BCUT2D eigenvalue weighted by molar-refractivity contribution is -0.140. The first kappa shape index (κ1) is 12.2. The van der Waals surface area contributed by atoms with Crippen molar-refractivity contribution in [3.05, 3.63) is 22.8 Å². The van der Waals surface area contributed by atoms with Crippen molar-refractivity contribution in [1.82, 2.24) is 0 Å². The van der Waals surface area contributed by atoms with Crippen LogP contribution in [0.2, 0.25) is 0 Å². The Balaban J connectivity index is 1.95. The Bertz CT molecular complexity index is 591. The predicted octanol–water partition coefficient (Wildman–Crippen LogP) is 3.04. The van der Waals surface area contributed by atoms with Crippen molar-refractivity contribution in [3.8, 4) is 5.75 Å². The van der Waals surface area contributed by atoms with Crippen LogP contribution in [-0.4, -0.2) is 19.1 Å². The maximum absolute atomic E-state index is 12.1. The van der Waals surface area contributed by atoms with Crippen LogP contribution in [0.4, 0.5) is 5.69 Å². The largest absolute Gasteiger partial charge is 0.426 e. The Morgan fingerprint density at radius 1 is 1.15 bits per heavy atom. The molecule has 0 N–H and O–H groups in total. The fourth-order valence-electron chi connectivity index (χ4n) is 3.98. The van der Waals surface area contributed by atoms with Gasteiger partial charge in [0.05, 0.1) is 5.92 Å². The van der Waals surface area contributed by atoms with E-state index in [9.17, 15) is 4.79 Å². The van der Waals surface area contributed by atoms with Crippen LogP contribution in [0.1, 0.15) is 49.3 Å². The maximum atomic E-state index is 12.1. The van der Waals surface area contributed by atoms with Gasteiger partial charge >= 0.3 is 5.97 Å². The lowest BCUT2D eigenvalue weighted by Crippen LogP contribution is -2.36. The summed E-state index contributed by atoms with van der Waals surface area (Å²) in [5.74, 6) is 1.07. The van der Waals surface area contributed by atoms with Crippen LogP contribution >= 0.6 is 0 Å². The second kappa shape index (κ2) is 4.24. The Morgan fingerprint density at radius 3 is 2.70 bits per heavy atom. The van der Waals surface area contributed by atoms with Crippen LogP contribution in [0.25, 0.3) is 0 Å². The van der Waals surface area contributed by atoms with Gasteiger partial charge in [0.2, 0.25) is 0 Å². The summed E-state index contributed by atoms with van der Waals surface area (Å²) in [4.78, 5) is 14.6. The van der Waals surface area contributed by atoms with E-state index in [-0.39, 0.29) is 17.8 Å². The topological polar surface area (TPSA) is 29.5 Å². The van der Waals surface area contributed by atoms with Crippen molar-refractivity contribution in [1.29, 1.82) is 0 Å². The lowest BCUT2D eigenvalue weighted by Gasteiger charge is -2.40. The third-order valence-corrected chi connectivity index (χ3v) is 5.32. The van der Waals surface area contributed by atoms with Crippen molar-refractivity contribution in [2.45, 2.75) is 45.4 Å². The summed E-state index contributed by atoms with van der Waals surface area (Å²) in [5.41, 5.74) is 5.42. The van der Waals surface area contributed by atoms with E-state index in [4.69, 9.17) is 4.74 Å². The summed E-state index contributed by atoms with van der Waals surface area (Å²) in [6.45, 7) is 6.44. The van der Waals surface area contributed by atoms with Gasteiger partial charge in [0.25, 0.3) is 0 Å². The van der Waals surface area contributed by atoms with Gasteiger partial charge < -0.3 is 9.64 Å².